The summed E-state index contributed by atoms with van der Waals surface area (Å²) in [5.41, 5.74) is 1.49. The van der Waals surface area contributed by atoms with Crippen LogP contribution in [0.2, 0.25) is 0 Å². The summed E-state index contributed by atoms with van der Waals surface area (Å²) >= 11 is 0. The van der Waals surface area contributed by atoms with Crippen molar-refractivity contribution in [1.82, 2.24) is 10.0 Å². The predicted octanol–water partition coefficient (Wildman–Crippen LogP) is 2.01. The summed E-state index contributed by atoms with van der Waals surface area (Å²) < 4.78 is 0.670. The molecule has 0 fully saturated rings. The van der Waals surface area contributed by atoms with E-state index in [9.17, 15) is 10.0 Å². The first-order chi connectivity index (χ1) is 9.63. The molecule has 0 atom stereocenters. The molecule has 0 saturated heterocycles. The Bertz CT molecular complexity index is 663. The molecule has 1 heterocycles. The highest BCUT2D eigenvalue weighted by Gasteiger charge is 2.12. The van der Waals surface area contributed by atoms with Crippen molar-refractivity contribution in [2.75, 3.05) is 6.54 Å². The number of pyridine rings is 1. The summed E-state index contributed by atoms with van der Waals surface area (Å²) in [4.78, 5) is 12.0. The van der Waals surface area contributed by atoms with Gasteiger partial charge in [-0.1, -0.05) is 37.3 Å². The van der Waals surface area contributed by atoms with Crippen molar-refractivity contribution >= 4 is 5.91 Å². The van der Waals surface area contributed by atoms with Gasteiger partial charge < -0.3 is 10.5 Å². The van der Waals surface area contributed by atoms with Crippen molar-refractivity contribution in [2.24, 2.45) is 0 Å². The Morgan fingerprint density at radius 2 is 2.00 bits per heavy atom. The predicted molar refractivity (Wildman–Crippen MR) is 75.5 cm³/mol. The van der Waals surface area contributed by atoms with Crippen molar-refractivity contribution < 1.29 is 10.0 Å². The lowest BCUT2D eigenvalue weighted by Gasteiger charge is -2.09. The lowest BCUT2D eigenvalue weighted by molar-refractivity contribution is 0.0943. The van der Waals surface area contributed by atoms with Crippen LogP contribution in [-0.4, -0.2) is 22.4 Å². The second-order valence-electron chi connectivity index (χ2n) is 4.46. The molecule has 20 heavy (non-hydrogen) atoms. The number of nitrogens with one attached hydrogen (secondary N) is 2. The van der Waals surface area contributed by atoms with Gasteiger partial charge in [-0.2, -0.15) is 4.73 Å². The van der Waals surface area contributed by atoms with Crippen LogP contribution in [0.25, 0.3) is 11.1 Å². The Labute approximate surface area is 117 Å². The molecule has 0 aliphatic rings. The van der Waals surface area contributed by atoms with E-state index >= 15 is 0 Å². The van der Waals surface area contributed by atoms with Crippen LogP contribution >= 0.6 is 0 Å². The maximum absolute atomic E-state index is 12.0. The number of carbonyl (C=O) groups is 1. The van der Waals surface area contributed by atoms with Crippen LogP contribution in [0, 0.1) is 5.41 Å². The van der Waals surface area contributed by atoms with E-state index in [2.05, 4.69) is 5.32 Å². The van der Waals surface area contributed by atoms with Gasteiger partial charge in [0.15, 0.2) is 5.49 Å². The standard InChI is InChI=1S/C15H17N3O2/c1-2-8-17-15(19)13-9-12(10-18(20)14(13)16)11-6-4-3-5-7-11/h3-7,9-10,16,20H,2,8H2,1H3,(H,17,19). The van der Waals surface area contributed by atoms with Crippen LogP contribution in [-0.2, 0) is 0 Å². The van der Waals surface area contributed by atoms with E-state index in [4.69, 9.17) is 5.41 Å². The van der Waals surface area contributed by atoms with E-state index in [-0.39, 0.29) is 17.0 Å². The number of amides is 1. The van der Waals surface area contributed by atoms with Crippen molar-refractivity contribution in [1.29, 1.82) is 5.41 Å². The van der Waals surface area contributed by atoms with Crippen molar-refractivity contribution in [3.63, 3.8) is 0 Å². The molecule has 0 radical (unpaired) electrons. The number of carbonyl (C=O) groups excluding carboxylic acids is 1. The van der Waals surface area contributed by atoms with Crippen LogP contribution in [0.15, 0.2) is 42.6 Å². The molecule has 1 amide bonds. The van der Waals surface area contributed by atoms with Gasteiger partial charge in [-0.15, -0.1) is 0 Å². The SMILES string of the molecule is CCCNC(=O)c1cc(-c2ccccc2)cn(O)c1=N. The lowest BCUT2D eigenvalue weighted by atomic mass is 10.1. The number of nitrogens with zero attached hydrogens (tertiary/aromatic N) is 1. The highest BCUT2D eigenvalue weighted by atomic mass is 16.5. The number of hydrogen-bond acceptors (Lipinski definition) is 3. The monoisotopic (exact) mass is 271 g/mol. The number of rotatable bonds is 4. The van der Waals surface area contributed by atoms with Gasteiger partial charge in [-0.25, -0.2) is 0 Å². The molecular formula is C15H17N3O2. The number of benzene rings is 1. The van der Waals surface area contributed by atoms with Crippen LogP contribution in [0.5, 0.6) is 0 Å². The molecule has 1 aromatic carbocycles. The highest BCUT2D eigenvalue weighted by molar-refractivity contribution is 5.94. The fourth-order valence-corrected chi connectivity index (χ4v) is 1.88. The van der Waals surface area contributed by atoms with E-state index in [1.54, 1.807) is 6.07 Å². The van der Waals surface area contributed by atoms with Gasteiger partial charge >= 0.3 is 0 Å². The zero-order chi connectivity index (χ0) is 14.5. The lowest BCUT2D eigenvalue weighted by Crippen LogP contribution is -2.32. The molecule has 0 unspecified atom stereocenters. The van der Waals surface area contributed by atoms with E-state index in [0.717, 1.165) is 12.0 Å². The maximum atomic E-state index is 12.0. The van der Waals surface area contributed by atoms with Crippen LogP contribution in [0.3, 0.4) is 0 Å². The van der Waals surface area contributed by atoms with E-state index < -0.39 is 0 Å². The molecular weight excluding hydrogens is 254 g/mol. The summed E-state index contributed by atoms with van der Waals surface area (Å²) in [6.45, 7) is 2.49. The largest absolute Gasteiger partial charge is 0.427 e. The summed E-state index contributed by atoms with van der Waals surface area (Å²) in [5, 5.41) is 20.3. The highest BCUT2D eigenvalue weighted by Crippen LogP contribution is 2.18. The minimum atomic E-state index is -0.350. The minimum absolute atomic E-state index is 0.155. The van der Waals surface area contributed by atoms with Crippen LogP contribution in [0.1, 0.15) is 23.7 Å². The average Bonchev–Trinajstić information content (AvgIpc) is 2.48. The van der Waals surface area contributed by atoms with Gasteiger partial charge in [0.2, 0.25) is 0 Å². The van der Waals surface area contributed by atoms with Gasteiger partial charge in [-0.3, -0.25) is 10.2 Å². The summed E-state index contributed by atoms with van der Waals surface area (Å²) in [7, 11) is 0. The molecule has 0 aliphatic carbocycles. The van der Waals surface area contributed by atoms with Gasteiger partial charge in [0.05, 0.1) is 11.8 Å². The molecule has 5 heteroatoms. The first kappa shape index (κ1) is 13.9. The average molecular weight is 271 g/mol. The second kappa shape index (κ2) is 6.06. The Morgan fingerprint density at radius 1 is 1.30 bits per heavy atom. The Morgan fingerprint density at radius 3 is 2.65 bits per heavy atom. The first-order valence-electron chi connectivity index (χ1n) is 6.47. The molecule has 0 saturated carbocycles. The van der Waals surface area contributed by atoms with E-state index in [1.807, 2.05) is 37.3 Å². The Balaban J connectivity index is 2.45. The molecule has 5 nitrogen and oxygen atoms in total. The van der Waals surface area contributed by atoms with Crippen LogP contribution < -0.4 is 10.8 Å². The van der Waals surface area contributed by atoms with Crippen molar-refractivity contribution in [3.8, 4) is 11.1 Å². The number of hydrogen-bond donors (Lipinski definition) is 3. The summed E-state index contributed by atoms with van der Waals surface area (Å²) in [5.74, 6) is -0.350. The Hall–Kier alpha value is -2.56. The van der Waals surface area contributed by atoms with Crippen molar-refractivity contribution in [3.05, 3.63) is 53.6 Å². The van der Waals surface area contributed by atoms with Crippen LogP contribution in [0.4, 0.5) is 0 Å². The zero-order valence-corrected chi connectivity index (χ0v) is 11.3. The molecule has 0 bridgehead atoms. The quantitative estimate of drug-likeness (QED) is 0.744. The molecule has 0 aliphatic heterocycles. The molecule has 3 N–H and O–H groups in total. The molecule has 104 valence electrons. The van der Waals surface area contributed by atoms with Gasteiger partial charge in [0.1, 0.15) is 0 Å². The van der Waals surface area contributed by atoms with E-state index in [0.29, 0.717) is 16.8 Å². The van der Waals surface area contributed by atoms with Gasteiger partial charge in [-0.05, 0) is 18.1 Å². The second-order valence-corrected chi connectivity index (χ2v) is 4.46. The third kappa shape index (κ3) is 2.88. The first-order valence-corrected chi connectivity index (χ1v) is 6.47. The Kier molecular flexibility index (Phi) is 4.20. The smallest absolute Gasteiger partial charge is 0.255 e. The molecule has 2 aromatic rings. The van der Waals surface area contributed by atoms with Crippen molar-refractivity contribution in [2.45, 2.75) is 13.3 Å². The molecule has 1 aromatic heterocycles. The molecule has 2 rings (SSSR count). The number of aromatic nitrogens is 1. The van der Waals surface area contributed by atoms with E-state index in [1.165, 1.54) is 6.20 Å². The topological polar surface area (TPSA) is 78.1 Å². The van der Waals surface area contributed by atoms with Gasteiger partial charge in [0, 0.05) is 12.1 Å². The maximum Gasteiger partial charge on any atom is 0.255 e. The summed E-state index contributed by atoms with van der Waals surface area (Å²) in [6.07, 6.45) is 2.24. The third-order valence-electron chi connectivity index (χ3n) is 2.93. The normalized spacial score (nSPS) is 10.2. The summed E-state index contributed by atoms with van der Waals surface area (Å²) in [6, 6.07) is 11.0. The fraction of sp³-hybridized carbons (Fsp3) is 0.200. The third-order valence-corrected chi connectivity index (χ3v) is 2.93. The minimum Gasteiger partial charge on any atom is -0.427 e. The zero-order valence-electron chi connectivity index (χ0n) is 11.3. The van der Waals surface area contributed by atoms with Gasteiger partial charge in [0.25, 0.3) is 5.91 Å². The molecule has 0 spiro atoms. The fourth-order valence-electron chi connectivity index (χ4n) is 1.88.